The molecular formula is C34H50N6O8. The number of aliphatic hydroxyl groups excluding tert-OH is 1. The molecule has 0 aromatic heterocycles. The van der Waals surface area contributed by atoms with Crippen molar-refractivity contribution in [2.75, 3.05) is 54.4 Å². The van der Waals surface area contributed by atoms with Crippen LogP contribution in [0.15, 0.2) is 42.5 Å². The van der Waals surface area contributed by atoms with E-state index in [1.165, 1.54) is 31.0 Å². The van der Waals surface area contributed by atoms with Crippen LogP contribution in [0.5, 0.6) is 11.5 Å². The number of methoxy groups -OCH3 is 1. The Kier molecular flexibility index (Phi) is 16.3. The number of rotatable bonds is 18. The number of carbonyl (C=O) groups excluding carboxylic acids is 5. The highest BCUT2D eigenvalue weighted by Crippen LogP contribution is 2.33. The minimum Gasteiger partial charge on any atom is -0.493 e. The van der Waals surface area contributed by atoms with Gasteiger partial charge in [-0.25, -0.2) is 4.79 Å². The van der Waals surface area contributed by atoms with Gasteiger partial charge in [-0.05, 0) is 49.6 Å². The molecule has 0 spiro atoms. The molecule has 14 nitrogen and oxygen atoms in total. The summed E-state index contributed by atoms with van der Waals surface area (Å²) in [5.41, 5.74) is 2.06. The third-order valence-corrected chi connectivity index (χ3v) is 7.39. The van der Waals surface area contributed by atoms with Gasteiger partial charge in [0.05, 0.1) is 26.8 Å². The van der Waals surface area contributed by atoms with Crippen molar-refractivity contribution in [2.24, 2.45) is 5.92 Å². The number of benzene rings is 2. The molecule has 2 aromatic rings. The van der Waals surface area contributed by atoms with Gasteiger partial charge in [0.25, 0.3) is 0 Å². The molecule has 5 N–H and O–H groups in total. The van der Waals surface area contributed by atoms with E-state index in [0.29, 0.717) is 17.7 Å². The average Bonchev–Trinajstić information content (AvgIpc) is 3.05. The van der Waals surface area contributed by atoms with Crippen molar-refractivity contribution in [3.8, 4) is 11.5 Å². The molecule has 0 aliphatic heterocycles. The molecule has 0 heterocycles. The number of nitrogens with one attached hydrogen (secondary N) is 4. The van der Waals surface area contributed by atoms with E-state index in [2.05, 4.69) is 21.3 Å². The van der Waals surface area contributed by atoms with Crippen LogP contribution in [0.1, 0.15) is 37.0 Å². The van der Waals surface area contributed by atoms with Crippen molar-refractivity contribution in [1.29, 1.82) is 0 Å². The molecule has 0 aliphatic rings. The molecule has 2 aromatic carbocycles. The van der Waals surface area contributed by atoms with E-state index in [9.17, 15) is 29.1 Å². The zero-order chi connectivity index (χ0) is 35.8. The first-order valence-electron chi connectivity index (χ1n) is 15.8. The summed E-state index contributed by atoms with van der Waals surface area (Å²) < 4.78 is 10.8. The van der Waals surface area contributed by atoms with Gasteiger partial charge in [0.1, 0.15) is 12.1 Å². The largest absolute Gasteiger partial charge is 0.493 e. The van der Waals surface area contributed by atoms with Gasteiger partial charge < -0.3 is 45.6 Å². The number of amides is 5. The normalized spacial score (nSPS) is 12.0. The molecule has 0 radical (unpaired) electrons. The van der Waals surface area contributed by atoms with Crippen molar-refractivity contribution < 1.29 is 38.6 Å². The van der Waals surface area contributed by atoms with Gasteiger partial charge in [0.2, 0.25) is 23.6 Å². The van der Waals surface area contributed by atoms with E-state index in [1.807, 2.05) is 51.1 Å². The fourth-order valence-corrected chi connectivity index (χ4v) is 4.74. The minimum atomic E-state index is -0.946. The summed E-state index contributed by atoms with van der Waals surface area (Å²) in [5, 5.41) is 20.6. The van der Waals surface area contributed by atoms with Crippen molar-refractivity contribution in [2.45, 2.75) is 52.3 Å². The van der Waals surface area contributed by atoms with Gasteiger partial charge in [-0.2, -0.15) is 0 Å². The number of carbonyl (C=O) groups is 5. The summed E-state index contributed by atoms with van der Waals surface area (Å²) in [5.74, 6) is -1.37. The maximum atomic E-state index is 13.4. The lowest BCUT2D eigenvalue weighted by atomic mass is 10.0. The second-order valence-corrected chi connectivity index (χ2v) is 12.0. The molecule has 2 atom stereocenters. The summed E-state index contributed by atoms with van der Waals surface area (Å²) in [4.78, 5) is 67.2. The Labute approximate surface area is 282 Å². The summed E-state index contributed by atoms with van der Waals surface area (Å²) in [6.07, 6.45) is -0.174. The molecule has 0 aliphatic carbocycles. The molecule has 0 bridgehead atoms. The second kappa shape index (κ2) is 19.9. The lowest BCUT2D eigenvalue weighted by Gasteiger charge is -2.25. The average molecular weight is 671 g/mol. The second-order valence-electron chi connectivity index (χ2n) is 12.0. The summed E-state index contributed by atoms with van der Waals surface area (Å²) >= 11 is 0. The van der Waals surface area contributed by atoms with Crippen LogP contribution in [-0.2, 0) is 32.2 Å². The Bertz CT molecular complexity index is 1360. The summed E-state index contributed by atoms with van der Waals surface area (Å²) in [7, 11) is 6.10. The van der Waals surface area contributed by atoms with Gasteiger partial charge in [-0.3, -0.25) is 19.2 Å². The zero-order valence-corrected chi connectivity index (χ0v) is 28.9. The van der Waals surface area contributed by atoms with Gasteiger partial charge in [0, 0.05) is 39.2 Å². The zero-order valence-electron chi connectivity index (χ0n) is 28.9. The highest BCUT2D eigenvalue weighted by atomic mass is 16.6. The highest BCUT2D eigenvalue weighted by molar-refractivity contribution is 5.93. The van der Waals surface area contributed by atoms with Crippen LogP contribution in [0.4, 0.5) is 4.79 Å². The van der Waals surface area contributed by atoms with Crippen LogP contribution >= 0.6 is 0 Å². The van der Waals surface area contributed by atoms with Crippen LogP contribution in [0.3, 0.4) is 0 Å². The predicted octanol–water partition coefficient (Wildman–Crippen LogP) is 0.979. The number of ether oxygens (including phenoxy) is 2. The molecular weight excluding hydrogens is 620 g/mol. The van der Waals surface area contributed by atoms with Crippen molar-refractivity contribution in [3.63, 3.8) is 0 Å². The monoisotopic (exact) mass is 670 g/mol. The fourth-order valence-electron chi connectivity index (χ4n) is 4.74. The number of aryl methyl sites for hydroxylation is 1. The van der Waals surface area contributed by atoms with Gasteiger partial charge in [0.15, 0.2) is 11.5 Å². The highest BCUT2D eigenvalue weighted by Gasteiger charge is 2.28. The molecule has 48 heavy (non-hydrogen) atoms. The van der Waals surface area contributed by atoms with Crippen LogP contribution in [-0.4, -0.2) is 111 Å². The smallest absolute Gasteiger partial charge is 0.415 e. The standard InChI is InChI=1S/C34H50N6O8/c1-22(2)15-26(38-33(45)27(37-29(42)19-35-4)18-24-11-9-8-10-12-24)32(44)36-20-30(43)39(5)13-14-40(6)34(46)48-31-25(21-41)16-23(3)17-28(31)47-7/h8-12,16-17,22,26-27,35,41H,13-15,18-21H2,1-7H3,(H,36,44)(H,37,42)(H,38,45). The summed E-state index contributed by atoms with van der Waals surface area (Å²) in [6, 6.07) is 10.7. The lowest BCUT2D eigenvalue weighted by Crippen LogP contribution is -2.56. The van der Waals surface area contributed by atoms with Crippen molar-refractivity contribution >= 4 is 29.7 Å². The molecule has 14 heteroatoms. The molecule has 5 amide bonds. The topological polar surface area (TPSA) is 179 Å². The number of nitrogens with zero attached hydrogens (tertiary/aromatic N) is 2. The van der Waals surface area contributed by atoms with E-state index in [0.717, 1.165) is 11.1 Å². The molecule has 264 valence electrons. The SMILES string of the molecule is CNCC(=O)NC(Cc1ccccc1)C(=O)NC(CC(C)C)C(=O)NCC(=O)N(C)CCN(C)C(=O)Oc1c(CO)cc(C)cc1OC. The maximum absolute atomic E-state index is 13.4. The van der Waals surface area contributed by atoms with Gasteiger partial charge in [-0.1, -0.05) is 44.2 Å². The molecule has 0 fully saturated rings. The van der Waals surface area contributed by atoms with E-state index >= 15 is 0 Å². The third kappa shape index (κ3) is 12.8. The van der Waals surface area contributed by atoms with Gasteiger partial charge in [-0.15, -0.1) is 0 Å². The van der Waals surface area contributed by atoms with E-state index in [4.69, 9.17) is 9.47 Å². The number of aliphatic hydroxyl groups is 1. The minimum absolute atomic E-state index is 0.0211. The van der Waals surface area contributed by atoms with E-state index < -0.39 is 35.9 Å². The van der Waals surface area contributed by atoms with Crippen molar-refractivity contribution in [1.82, 2.24) is 31.1 Å². The Hall–Kier alpha value is -4.69. The van der Waals surface area contributed by atoms with Crippen molar-refractivity contribution in [3.05, 3.63) is 59.2 Å². The molecule has 0 saturated carbocycles. The van der Waals surface area contributed by atoms with Gasteiger partial charge >= 0.3 is 6.09 Å². The van der Waals surface area contributed by atoms with Crippen LogP contribution in [0.25, 0.3) is 0 Å². The van der Waals surface area contributed by atoms with E-state index in [-0.39, 0.29) is 56.8 Å². The molecule has 0 saturated heterocycles. The maximum Gasteiger partial charge on any atom is 0.415 e. The Balaban J connectivity index is 1.98. The van der Waals surface area contributed by atoms with Crippen LogP contribution in [0.2, 0.25) is 0 Å². The fraction of sp³-hybridized carbons (Fsp3) is 0.500. The molecule has 2 unspecified atom stereocenters. The number of hydrogen-bond acceptors (Lipinski definition) is 9. The lowest BCUT2D eigenvalue weighted by molar-refractivity contribution is -0.134. The third-order valence-electron chi connectivity index (χ3n) is 7.39. The first-order chi connectivity index (χ1) is 22.8. The number of hydrogen-bond donors (Lipinski definition) is 5. The molecule has 2 rings (SSSR count). The van der Waals surface area contributed by atoms with Crippen LogP contribution in [0, 0.1) is 12.8 Å². The Morgan fingerprint density at radius 1 is 0.896 bits per heavy atom. The first-order valence-corrected chi connectivity index (χ1v) is 15.8. The van der Waals surface area contributed by atoms with E-state index in [1.54, 1.807) is 19.2 Å². The Morgan fingerprint density at radius 2 is 1.56 bits per heavy atom. The van der Waals surface area contributed by atoms with Crippen LogP contribution < -0.4 is 30.7 Å². The summed E-state index contributed by atoms with van der Waals surface area (Å²) in [6.45, 7) is 5.23. The number of likely N-dealkylation sites (N-methyl/N-ethyl adjacent to an activating group) is 3. The first kappa shape index (κ1) is 39.5. The Morgan fingerprint density at radius 3 is 2.17 bits per heavy atom. The quantitative estimate of drug-likeness (QED) is 0.155. The predicted molar refractivity (Wildman–Crippen MR) is 180 cm³/mol.